The first-order valence-electron chi connectivity index (χ1n) is 7.61. The second-order valence-electron chi connectivity index (χ2n) is 5.71. The van der Waals surface area contributed by atoms with Gasteiger partial charge >= 0.3 is 0 Å². The van der Waals surface area contributed by atoms with Gasteiger partial charge < -0.3 is 10.1 Å². The molecule has 4 nitrogen and oxygen atoms in total. The van der Waals surface area contributed by atoms with Crippen molar-refractivity contribution in [3.8, 4) is 5.75 Å². The van der Waals surface area contributed by atoms with Gasteiger partial charge in [-0.05, 0) is 45.1 Å². The first-order valence-corrected chi connectivity index (χ1v) is 7.61. The molecule has 0 amide bonds. The number of aromatic nitrogens is 2. The van der Waals surface area contributed by atoms with Crippen LogP contribution in [-0.4, -0.2) is 28.7 Å². The topological polar surface area (TPSA) is 47.0 Å². The van der Waals surface area contributed by atoms with Crippen LogP contribution in [0.4, 0.5) is 0 Å². The third-order valence-electron chi connectivity index (χ3n) is 4.13. The summed E-state index contributed by atoms with van der Waals surface area (Å²) in [5.74, 6) is 1.76. The maximum Gasteiger partial charge on any atom is 0.156 e. The minimum absolute atomic E-state index is 0.384. The summed E-state index contributed by atoms with van der Waals surface area (Å²) in [7, 11) is 0. The van der Waals surface area contributed by atoms with E-state index in [9.17, 15) is 0 Å². The maximum absolute atomic E-state index is 5.88. The highest BCUT2D eigenvalue weighted by Crippen LogP contribution is 2.23. The lowest BCUT2D eigenvalue weighted by Crippen LogP contribution is -2.36. The van der Waals surface area contributed by atoms with Crippen LogP contribution in [0.25, 0.3) is 0 Å². The average molecular weight is 261 g/mol. The van der Waals surface area contributed by atoms with Crippen LogP contribution < -0.4 is 10.1 Å². The van der Waals surface area contributed by atoms with Gasteiger partial charge in [-0.3, -0.25) is 0 Å². The molecule has 2 heterocycles. The Morgan fingerprint density at radius 3 is 2.47 bits per heavy atom. The molecule has 1 unspecified atom stereocenters. The van der Waals surface area contributed by atoms with Crippen LogP contribution in [-0.2, 0) is 6.42 Å². The van der Waals surface area contributed by atoms with Crippen molar-refractivity contribution in [3.63, 3.8) is 0 Å². The van der Waals surface area contributed by atoms with E-state index in [1.807, 2.05) is 12.4 Å². The van der Waals surface area contributed by atoms with Crippen LogP contribution in [0.5, 0.6) is 5.75 Å². The number of hydrogen-bond acceptors (Lipinski definition) is 4. The summed E-state index contributed by atoms with van der Waals surface area (Å²) < 4.78 is 5.88. The molecule has 1 atom stereocenters. The predicted octanol–water partition coefficient (Wildman–Crippen LogP) is 2.48. The molecule has 1 aliphatic carbocycles. The molecular formula is C15H23N3O. The number of ether oxygens (including phenoxy) is 1. The Labute approximate surface area is 115 Å². The minimum Gasteiger partial charge on any atom is -0.487 e. The Balaban J connectivity index is 1.52. The Bertz CT molecular complexity index is 381. The van der Waals surface area contributed by atoms with Gasteiger partial charge in [-0.25, -0.2) is 9.97 Å². The van der Waals surface area contributed by atoms with Gasteiger partial charge in [0.05, 0.1) is 18.5 Å². The van der Waals surface area contributed by atoms with E-state index >= 15 is 0 Å². The fourth-order valence-electron chi connectivity index (χ4n) is 3.03. The first kappa shape index (κ1) is 12.9. The summed E-state index contributed by atoms with van der Waals surface area (Å²) in [5, 5.41) is 3.53. The highest BCUT2D eigenvalue weighted by molar-refractivity contribution is 5.13. The van der Waals surface area contributed by atoms with E-state index in [1.54, 1.807) is 0 Å². The van der Waals surface area contributed by atoms with Gasteiger partial charge in [-0.15, -0.1) is 0 Å². The third kappa shape index (κ3) is 3.66. The SMILES string of the molecule is c1nc(CC2CCCCN2)ncc1OC1CCCC1. The quantitative estimate of drug-likeness (QED) is 0.904. The molecule has 104 valence electrons. The lowest BCUT2D eigenvalue weighted by atomic mass is 10.0. The van der Waals surface area contributed by atoms with Gasteiger partial charge in [0.1, 0.15) is 5.82 Å². The van der Waals surface area contributed by atoms with E-state index in [-0.39, 0.29) is 0 Å². The zero-order valence-corrected chi connectivity index (χ0v) is 11.5. The van der Waals surface area contributed by atoms with Crippen molar-refractivity contribution in [1.82, 2.24) is 15.3 Å². The summed E-state index contributed by atoms with van der Waals surface area (Å²) >= 11 is 0. The smallest absolute Gasteiger partial charge is 0.156 e. The largest absolute Gasteiger partial charge is 0.487 e. The van der Waals surface area contributed by atoms with Gasteiger partial charge in [-0.2, -0.15) is 0 Å². The molecule has 19 heavy (non-hydrogen) atoms. The van der Waals surface area contributed by atoms with E-state index in [1.165, 1.54) is 44.9 Å². The van der Waals surface area contributed by atoms with E-state index < -0.39 is 0 Å². The van der Waals surface area contributed by atoms with Crippen molar-refractivity contribution < 1.29 is 4.74 Å². The molecule has 0 spiro atoms. The Hall–Kier alpha value is -1.16. The number of hydrogen-bond donors (Lipinski definition) is 1. The van der Waals surface area contributed by atoms with Crippen LogP contribution in [0.2, 0.25) is 0 Å². The van der Waals surface area contributed by atoms with Crippen LogP contribution in [0.3, 0.4) is 0 Å². The standard InChI is InChI=1S/C15H23N3O/c1-2-7-13(6-1)19-14-10-17-15(18-11-14)9-12-5-3-4-8-16-12/h10-13,16H,1-9H2. The van der Waals surface area contributed by atoms with Crippen LogP contribution in [0, 0.1) is 0 Å². The molecule has 1 aromatic heterocycles. The molecule has 0 radical (unpaired) electrons. The Morgan fingerprint density at radius 2 is 1.79 bits per heavy atom. The number of rotatable bonds is 4. The van der Waals surface area contributed by atoms with Gasteiger partial charge in [-0.1, -0.05) is 6.42 Å². The molecule has 2 fully saturated rings. The summed E-state index contributed by atoms with van der Waals surface area (Å²) in [6.07, 6.45) is 13.8. The number of nitrogens with zero attached hydrogens (tertiary/aromatic N) is 2. The Morgan fingerprint density at radius 1 is 1.05 bits per heavy atom. The predicted molar refractivity (Wildman–Crippen MR) is 74.3 cm³/mol. The normalized spacial score (nSPS) is 24.5. The monoisotopic (exact) mass is 261 g/mol. The average Bonchev–Trinajstić information content (AvgIpc) is 2.95. The summed E-state index contributed by atoms with van der Waals surface area (Å²) in [5.41, 5.74) is 0. The molecule has 0 bridgehead atoms. The van der Waals surface area contributed by atoms with Crippen LogP contribution >= 0.6 is 0 Å². The molecular weight excluding hydrogens is 238 g/mol. The van der Waals surface area contributed by atoms with E-state index in [0.717, 1.165) is 24.5 Å². The van der Waals surface area contributed by atoms with Crippen molar-refractivity contribution >= 4 is 0 Å². The van der Waals surface area contributed by atoms with Gasteiger partial charge in [0, 0.05) is 12.5 Å². The van der Waals surface area contributed by atoms with E-state index in [4.69, 9.17) is 4.74 Å². The molecule has 3 rings (SSSR count). The summed E-state index contributed by atoms with van der Waals surface area (Å²) in [4.78, 5) is 8.88. The number of nitrogens with one attached hydrogen (secondary N) is 1. The fraction of sp³-hybridized carbons (Fsp3) is 0.733. The molecule has 1 N–H and O–H groups in total. The van der Waals surface area contributed by atoms with Crippen LogP contribution in [0.15, 0.2) is 12.4 Å². The molecule has 0 aromatic carbocycles. The van der Waals surface area contributed by atoms with Gasteiger partial charge in [0.25, 0.3) is 0 Å². The lowest BCUT2D eigenvalue weighted by molar-refractivity contribution is 0.208. The molecule has 1 saturated carbocycles. The summed E-state index contributed by atoms with van der Waals surface area (Å²) in [6, 6.07) is 0.551. The van der Waals surface area contributed by atoms with Crippen molar-refractivity contribution in [2.45, 2.75) is 63.5 Å². The zero-order valence-electron chi connectivity index (χ0n) is 11.5. The fourth-order valence-corrected chi connectivity index (χ4v) is 3.03. The Kier molecular flexibility index (Phi) is 4.28. The summed E-state index contributed by atoms with van der Waals surface area (Å²) in [6.45, 7) is 1.13. The second-order valence-corrected chi connectivity index (χ2v) is 5.71. The lowest BCUT2D eigenvalue weighted by Gasteiger charge is -2.22. The molecule has 1 aromatic rings. The highest BCUT2D eigenvalue weighted by Gasteiger charge is 2.17. The van der Waals surface area contributed by atoms with E-state index in [2.05, 4.69) is 15.3 Å². The molecule has 1 aliphatic heterocycles. The third-order valence-corrected chi connectivity index (χ3v) is 4.13. The second kappa shape index (κ2) is 6.33. The molecule has 4 heteroatoms. The van der Waals surface area contributed by atoms with Crippen LogP contribution in [0.1, 0.15) is 50.8 Å². The highest BCUT2D eigenvalue weighted by atomic mass is 16.5. The zero-order chi connectivity index (χ0) is 12.9. The van der Waals surface area contributed by atoms with Crippen molar-refractivity contribution in [1.29, 1.82) is 0 Å². The van der Waals surface area contributed by atoms with Gasteiger partial charge in [0.2, 0.25) is 0 Å². The van der Waals surface area contributed by atoms with Gasteiger partial charge in [0.15, 0.2) is 5.75 Å². The van der Waals surface area contributed by atoms with Crippen molar-refractivity contribution in [2.75, 3.05) is 6.54 Å². The van der Waals surface area contributed by atoms with Crippen molar-refractivity contribution in [3.05, 3.63) is 18.2 Å². The van der Waals surface area contributed by atoms with E-state index in [0.29, 0.717) is 12.1 Å². The number of piperidine rings is 1. The first-order chi connectivity index (χ1) is 9.40. The maximum atomic E-state index is 5.88. The molecule has 2 aliphatic rings. The van der Waals surface area contributed by atoms with Crippen molar-refractivity contribution in [2.24, 2.45) is 0 Å². The molecule has 1 saturated heterocycles. The minimum atomic E-state index is 0.384.